The minimum Gasteiger partial charge on any atom is -0.480 e. The van der Waals surface area contributed by atoms with Crippen molar-refractivity contribution < 1.29 is 33.8 Å². The van der Waals surface area contributed by atoms with E-state index in [2.05, 4.69) is 12.2 Å². The molecule has 1 rings (SSSR count). The standard InChI is InChI=1S/C24H42N2O7S/c1-7-9-10-13-19(23(31)33-24(4,5)6)34-15-17(22(30)32-8-2)25-16(3)20(27)26-14-11-12-18(26)21(28)29/h16-19,25H,7-15H2,1-6H3,(H,28,29)/t16-,17-,18+,19+/m0/s1. The van der Waals surface area contributed by atoms with Gasteiger partial charge in [0, 0.05) is 12.3 Å². The molecule has 0 radical (unpaired) electrons. The number of likely N-dealkylation sites (tertiary alicyclic amines) is 1. The summed E-state index contributed by atoms with van der Waals surface area (Å²) in [5.74, 6) is -2.00. The Bertz CT molecular complexity index is 695. The first-order valence-corrected chi connectivity index (χ1v) is 13.3. The monoisotopic (exact) mass is 502 g/mol. The Morgan fingerprint density at radius 1 is 1.15 bits per heavy atom. The van der Waals surface area contributed by atoms with E-state index in [1.165, 1.54) is 16.7 Å². The molecule has 4 atom stereocenters. The smallest absolute Gasteiger partial charge is 0.326 e. The van der Waals surface area contributed by atoms with E-state index in [0.29, 0.717) is 25.8 Å². The second-order valence-corrected chi connectivity index (χ2v) is 10.8. The van der Waals surface area contributed by atoms with E-state index >= 15 is 0 Å². The number of hydrogen-bond donors (Lipinski definition) is 2. The lowest BCUT2D eigenvalue weighted by atomic mass is 10.1. The van der Waals surface area contributed by atoms with E-state index in [1.54, 1.807) is 13.8 Å². The summed E-state index contributed by atoms with van der Waals surface area (Å²) in [7, 11) is 0. The molecule has 1 aliphatic rings. The van der Waals surface area contributed by atoms with Crippen molar-refractivity contribution in [2.24, 2.45) is 0 Å². The molecule has 0 aromatic rings. The Kier molecular flexibility index (Phi) is 12.9. The number of carbonyl (C=O) groups is 4. The molecule has 1 aliphatic heterocycles. The Balaban J connectivity index is 2.89. The first kappa shape index (κ1) is 30.2. The highest BCUT2D eigenvalue weighted by molar-refractivity contribution is 8.00. The average molecular weight is 503 g/mol. The molecular weight excluding hydrogens is 460 g/mol. The number of esters is 2. The highest BCUT2D eigenvalue weighted by atomic mass is 32.2. The molecule has 1 fully saturated rings. The summed E-state index contributed by atoms with van der Waals surface area (Å²) in [5.41, 5.74) is -0.614. The van der Waals surface area contributed by atoms with Gasteiger partial charge in [-0.25, -0.2) is 4.79 Å². The van der Waals surface area contributed by atoms with E-state index in [1.807, 2.05) is 20.8 Å². The lowest BCUT2D eigenvalue weighted by Crippen LogP contribution is -2.54. The van der Waals surface area contributed by atoms with Gasteiger partial charge in [0.25, 0.3) is 0 Å². The number of carboxylic acid groups (broad SMARTS) is 1. The van der Waals surface area contributed by atoms with Crippen molar-refractivity contribution in [1.82, 2.24) is 10.2 Å². The number of nitrogens with one attached hydrogen (secondary N) is 1. The molecule has 0 saturated carbocycles. The Hall–Kier alpha value is -1.81. The van der Waals surface area contributed by atoms with Crippen LogP contribution in [0.5, 0.6) is 0 Å². The van der Waals surface area contributed by atoms with E-state index in [9.17, 15) is 24.3 Å². The number of thioether (sulfide) groups is 1. The van der Waals surface area contributed by atoms with Crippen molar-refractivity contribution in [2.75, 3.05) is 18.9 Å². The number of carbonyl (C=O) groups excluding carboxylic acids is 3. The lowest BCUT2D eigenvalue weighted by Gasteiger charge is -2.28. The summed E-state index contributed by atoms with van der Waals surface area (Å²) in [5, 5.41) is 12.0. The van der Waals surface area contributed by atoms with Crippen LogP contribution in [0.25, 0.3) is 0 Å². The maximum atomic E-state index is 12.9. The maximum Gasteiger partial charge on any atom is 0.326 e. The predicted molar refractivity (Wildman–Crippen MR) is 132 cm³/mol. The van der Waals surface area contributed by atoms with Crippen LogP contribution >= 0.6 is 11.8 Å². The zero-order valence-corrected chi connectivity index (χ0v) is 22.2. The third-order valence-corrected chi connectivity index (χ3v) is 6.77. The molecule has 2 N–H and O–H groups in total. The predicted octanol–water partition coefficient (Wildman–Crippen LogP) is 3.00. The first-order chi connectivity index (χ1) is 15.9. The Labute approximate surface area is 207 Å². The van der Waals surface area contributed by atoms with Crippen LogP contribution in [0.2, 0.25) is 0 Å². The van der Waals surface area contributed by atoms with Crippen LogP contribution < -0.4 is 5.32 Å². The molecule has 0 spiro atoms. The van der Waals surface area contributed by atoms with Crippen LogP contribution in [0.1, 0.15) is 80.1 Å². The molecule has 196 valence electrons. The van der Waals surface area contributed by atoms with Gasteiger partial charge in [-0.1, -0.05) is 26.2 Å². The molecule has 0 aliphatic carbocycles. The molecule has 1 heterocycles. The van der Waals surface area contributed by atoms with Crippen LogP contribution in [0, 0.1) is 0 Å². The second kappa shape index (κ2) is 14.6. The van der Waals surface area contributed by atoms with Crippen molar-refractivity contribution in [3.63, 3.8) is 0 Å². The molecule has 0 aromatic heterocycles. The number of amides is 1. The summed E-state index contributed by atoms with van der Waals surface area (Å²) in [6.45, 7) is 11.4. The maximum absolute atomic E-state index is 12.9. The molecule has 0 unspecified atom stereocenters. The summed E-state index contributed by atoms with van der Waals surface area (Å²) in [4.78, 5) is 51.1. The number of ether oxygens (including phenoxy) is 2. The average Bonchev–Trinajstić information content (AvgIpc) is 3.23. The minimum atomic E-state index is -1.03. The summed E-state index contributed by atoms with van der Waals surface area (Å²) >= 11 is 1.32. The van der Waals surface area contributed by atoms with Crippen LogP contribution in [0.15, 0.2) is 0 Å². The van der Waals surface area contributed by atoms with E-state index in [0.717, 1.165) is 19.3 Å². The van der Waals surface area contributed by atoms with Gasteiger partial charge in [0.1, 0.15) is 22.9 Å². The van der Waals surface area contributed by atoms with Crippen LogP contribution in [0.3, 0.4) is 0 Å². The summed E-state index contributed by atoms with van der Waals surface area (Å²) in [6.07, 6.45) is 4.55. The van der Waals surface area contributed by atoms with Gasteiger partial charge in [0.05, 0.1) is 12.6 Å². The van der Waals surface area contributed by atoms with Crippen LogP contribution in [-0.4, -0.2) is 81.7 Å². The van der Waals surface area contributed by atoms with Gasteiger partial charge in [-0.3, -0.25) is 19.7 Å². The van der Waals surface area contributed by atoms with Crippen molar-refractivity contribution in [1.29, 1.82) is 0 Å². The normalized spacial score (nSPS) is 18.8. The first-order valence-electron chi connectivity index (χ1n) is 12.2. The Morgan fingerprint density at radius 3 is 2.38 bits per heavy atom. The topological polar surface area (TPSA) is 122 Å². The van der Waals surface area contributed by atoms with Gasteiger partial charge in [0.15, 0.2) is 0 Å². The largest absolute Gasteiger partial charge is 0.480 e. The highest BCUT2D eigenvalue weighted by Gasteiger charge is 2.37. The molecular formula is C24H42N2O7S. The fourth-order valence-electron chi connectivity index (χ4n) is 3.76. The molecule has 1 amide bonds. The van der Waals surface area contributed by atoms with Crippen molar-refractivity contribution in [2.45, 2.75) is 109 Å². The number of hydrogen-bond acceptors (Lipinski definition) is 8. The minimum absolute atomic E-state index is 0.184. The van der Waals surface area contributed by atoms with Crippen molar-refractivity contribution in [3.8, 4) is 0 Å². The van der Waals surface area contributed by atoms with Gasteiger partial charge in [-0.15, -0.1) is 11.8 Å². The number of nitrogens with zero attached hydrogens (tertiary/aromatic N) is 1. The van der Waals surface area contributed by atoms with Gasteiger partial charge in [-0.2, -0.15) is 0 Å². The summed E-state index contributed by atoms with van der Waals surface area (Å²) in [6, 6.07) is -2.46. The van der Waals surface area contributed by atoms with Gasteiger partial charge < -0.3 is 19.5 Å². The third kappa shape index (κ3) is 10.2. The zero-order chi connectivity index (χ0) is 25.9. The lowest BCUT2D eigenvalue weighted by molar-refractivity contribution is -0.154. The molecule has 34 heavy (non-hydrogen) atoms. The number of carboxylic acids is 1. The molecule has 0 aromatic carbocycles. The fourth-order valence-corrected chi connectivity index (χ4v) is 4.94. The quantitative estimate of drug-likeness (QED) is 0.273. The highest BCUT2D eigenvalue weighted by Crippen LogP contribution is 2.24. The number of rotatable bonds is 14. The second-order valence-electron chi connectivity index (χ2n) is 9.57. The van der Waals surface area contributed by atoms with Gasteiger partial charge in [0.2, 0.25) is 5.91 Å². The van der Waals surface area contributed by atoms with Crippen LogP contribution in [-0.2, 0) is 28.7 Å². The fraction of sp³-hybridized carbons (Fsp3) is 0.833. The molecule has 10 heteroatoms. The molecule has 9 nitrogen and oxygen atoms in total. The van der Waals surface area contributed by atoms with E-state index in [4.69, 9.17) is 9.47 Å². The molecule has 0 bridgehead atoms. The van der Waals surface area contributed by atoms with Crippen molar-refractivity contribution >= 4 is 35.6 Å². The van der Waals surface area contributed by atoms with Crippen molar-refractivity contribution in [3.05, 3.63) is 0 Å². The third-order valence-electron chi connectivity index (χ3n) is 5.42. The number of unbranched alkanes of at least 4 members (excludes halogenated alkanes) is 2. The molecule has 1 saturated heterocycles. The van der Waals surface area contributed by atoms with E-state index in [-0.39, 0.29) is 24.2 Å². The van der Waals surface area contributed by atoms with Gasteiger partial charge >= 0.3 is 17.9 Å². The SMILES string of the molecule is CCCCC[C@@H](SC[C@H](N[C@@H](C)C(=O)N1CCC[C@@H]1C(=O)O)C(=O)OCC)C(=O)OC(C)(C)C. The summed E-state index contributed by atoms with van der Waals surface area (Å²) < 4.78 is 10.8. The van der Waals surface area contributed by atoms with Crippen LogP contribution in [0.4, 0.5) is 0 Å². The van der Waals surface area contributed by atoms with Gasteiger partial charge in [-0.05, 0) is 53.9 Å². The Morgan fingerprint density at radius 2 is 1.82 bits per heavy atom. The van der Waals surface area contributed by atoms with E-state index < -0.39 is 40.9 Å². The zero-order valence-electron chi connectivity index (χ0n) is 21.4. The number of aliphatic carboxylic acids is 1.